The molecule has 4 nitrogen and oxygen atoms in total. The van der Waals surface area contributed by atoms with E-state index in [1.807, 2.05) is 24.4 Å². The highest BCUT2D eigenvalue weighted by atomic mass is 15.0. The summed E-state index contributed by atoms with van der Waals surface area (Å²) in [6.45, 7) is 4.40. The number of fused-ring (bicyclic) bond motifs is 1. The van der Waals surface area contributed by atoms with Gasteiger partial charge in [0.05, 0.1) is 22.6 Å². The van der Waals surface area contributed by atoms with E-state index in [1.165, 1.54) is 11.3 Å². The molecule has 8 rings (SSSR count). The van der Waals surface area contributed by atoms with Crippen LogP contribution in [-0.2, 0) is 0 Å². The highest BCUT2D eigenvalue weighted by molar-refractivity contribution is 6.02. The SMILES string of the molecule is Cc1c(C)n(-c2ccccc2)c2ccnc(-c3cc(-c4ccccc4)ccc3Nc3ccccc3-c3cccc(-c4ccccc4)n3)c12. The smallest absolute Gasteiger partial charge is 0.0819 e. The molecule has 4 heteroatoms. The standard InChI is InChI=1S/C44H34N4/c1-30-31(2)48(35-19-10-5-11-20-35)42-27-28-45-44(43(30)42)37-29-34(32-15-6-3-7-16-32)25-26-41(37)47-39-22-13-12-21-36(39)40-24-14-23-38(46-40)33-17-8-4-9-18-33/h3-29,47H,1-2H3. The zero-order valence-corrected chi connectivity index (χ0v) is 26.9. The molecule has 8 aromatic rings. The van der Waals surface area contributed by atoms with Crippen LogP contribution >= 0.6 is 0 Å². The van der Waals surface area contributed by atoms with Crippen molar-refractivity contribution in [1.29, 1.82) is 0 Å². The summed E-state index contributed by atoms with van der Waals surface area (Å²) >= 11 is 0. The van der Waals surface area contributed by atoms with Crippen LogP contribution in [0.25, 0.3) is 61.5 Å². The van der Waals surface area contributed by atoms with E-state index in [4.69, 9.17) is 9.97 Å². The van der Waals surface area contributed by atoms with Crippen LogP contribution in [0.15, 0.2) is 164 Å². The molecule has 0 aliphatic heterocycles. The minimum atomic E-state index is 0.911. The molecule has 230 valence electrons. The third kappa shape index (κ3) is 5.33. The number of aromatic nitrogens is 3. The highest BCUT2D eigenvalue weighted by Gasteiger charge is 2.20. The summed E-state index contributed by atoms with van der Waals surface area (Å²) in [6, 6.07) is 54.8. The van der Waals surface area contributed by atoms with E-state index in [0.29, 0.717) is 0 Å². The number of hydrogen-bond acceptors (Lipinski definition) is 3. The summed E-state index contributed by atoms with van der Waals surface area (Å²) in [5.74, 6) is 0. The molecule has 0 aliphatic rings. The largest absolute Gasteiger partial charge is 0.354 e. The number of anilines is 2. The van der Waals surface area contributed by atoms with Crippen molar-refractivity contribution >= 4 is 22.3 Å². The highest BCUT2D eigenvalue weighted by Crippen LogP contribution is 2.41. The van der Waals surface area contributed by atoms with Crippen molar-refractivity contribution < 1.29 is 0 Å². The number of nitrogens with one attached hydrogen (secondary N) is 1. The first kappa shape index (κ1) is 29.2. The van der Waals surface area contributed by atoms with Gasteiger partial charge >= 0.3 is 0 Å². The van der Waals surface area contributed by atoms with Crippen LogP contribution in [0, 0.1) is 13.8 Å². The number of nitrogens with zero attached hydrogens (tertiary/aromatic N) is 3. The molecule has 0 unspecified atom stereocenters. The first-order chi connectivity index (χ1) is 23.7. The van der Waals surface area contributed by atoms with E-state index in [2.05, 4.69) is 163 Å². The second kappa shape index (κ2) is 12.5. The predicted octanol–water partition coefficient (Wildman–Crippen LogP) is 11.4. The summed E-state index contributed by atoms with van der Waals surface area (Å²) in [7, 11) is 0. The van der Waals surface area contributed by atoms with E-state index in [9.17, 15) is 0 Å². The lowest BCUT2D eigenvalue weighted by molar-refractivity contribution is 1.04. The third-order valence-corrected chi connectivity index (χ3v) is 9.11. The molecule has 3 aromatic heterocycles. The second-order valence-electron chi connectivity index (χ2n) is 12.0. The molecule has 0 saturated heterocycles. The monoisotopic (exact) mass is 618 g/mol. The quantitative estimate of drug-likeness (QED) is 0.193. The Morgan fingerprint density at radius 1 is 0.521 bits per heavy atom. The molecular weight excluding hydrogens is 585 g/mol. The van der Waals surface area contributed by atoms with Crippen LogP contribution < -0.4 is 5.32 Å². The molecule has 0 radical (unpaired) electrons. The maximum atomic E-state index is 5.09. The molecule has 0 saturated carbocycles. The van der Waals surface area contributed by atoms with Crippen LogP contribution in [-0.4, -0.2) is 14.5 Å². The third-order valence-electron chi connectivity index (χ3n) is 9.11. The van der Waals surface area contributed by atoms with Gasteiger partial charge in [0.1, 0.15) is 0 Å². The predicted molar refractivity (Wildman–Crippen MR) is 200 cm³/mol. The fraction of sp³-hybridized carbons (Fsp3) is 0.0455. The summed E-state index contributed by atoms with van der Waals surface area (Å²) in [6.07, 6.45) is 1.93. The van der Waals surface area contributed by atoms with Crippen molar-refractivity contribution in [2.24, 2.45) is 0 Å². The Kier molecular flexibility index (Phi) is 7.60. The first-order valence-corrected chi connectivity index (χ1v) is 16.3. The molecule has 0 spiro atoms. The van der Waals surface area contributed by atoms with Gasteiger partial charge < -0.3 is 9.88 Å². The van der Waals surface area contributed by atoms with Crippen molar-refractivity contribution in [3.63, 3.8) is 0 Å². The molecule has 3 heterocycles. The maximum Gasteiger partial charge on any atom is 0.0819 e. The molecule has 0 bridgehead atoms. The molecule has 0 atom stereocenters. The van der Waals surface area contributed by atoms with E-state index in [-0.39, 0.29) is 0 Å². The second-order valence-corrected chi connectivity index (χ2v) is 12.0. The van der Waals surface area contributed by atoms with Crippen molar-refractivity contribution in [3.8, 4) is 50.6 Å². The van der Waals surface area contributed by atoms with Gasteiger partial charge in [-0.2, -0.15) is 0 Å². The lowest BCUT2D eigenvalue weighted by Crippen LogP contribution is -1.99. The van der Waals surface area contributed by atoms with Crippen LogP contribution in [0.1, 0.15) is 11.3 Å². The molecule has 0 aliphatic carbocycles. The summed E-state index contributed by atoms with van der Waals surface area (Å²) in [4.78, 5) is 10.2. The van der Waals surface area contributed by atoms with Gasteiger partial charge in [-0.15, -0.1) is 0 Å². The number of pyridine rings is 2. The average Bonchev–Trinajstić information content (AvgIpc) is 3.42. The number of rotatable bonds is 7. The molecule has 5 aromatic carbocycles. The minimum absolute atomic E-state index is 0.911. The zero-order chi connectivity index (χ0) is 32.5. The Morgan fingerprint density at radius 2 is 1.17 bits per heavy atom. The van der Waals surface area contributed by atoms with Crippen molar-refractivity contribution in [3.05, 3.63) is 175 Å². The molecule has 1 N–H and O–H groups in total. The maximum absolute atomic E-state index is 5.09. The zero-order valence-electron chi connectivity index (χ0n) is 26.9. The summed E-state index contributed by atoms with van der Waals surface area (Å²) in [5.41, 5.74) is 14.9. The topological polar surface area (TPSA) is 42.7 Å². The van der Waals surface area contributed by atoms with Gasteiger partial charge in [-0.25, -0.2) is 4.98 Å². The first-order valence-electron chi connectivity index (χ1n) is 16.3. The van der Waals surface area contributed by atoms with E-state index in [1.54, 1.807) is 0 Å². The minimum Gasteiger partial charge on any atom is -0.354 e. The molecule has 0 amide bonds. The van der Waals surface area contributed by atoms with Gasteiger partial charge in [0.25, 0.3) is 0 Å². The van der Waals surface area contributed by atoms with Gasteiger partial charge in [-0.05, 0) is 79.1 Å². The Balaban J connectivity index is 1.30. The Labute approximate surface area is 281 Å². The van der Waals surface area contributed by atoms with Gasteiger partial charge in [0.15, 0.2) is 0 Å². The summed E-state index contributed by atoms with van der Waals surface area (Å²) < 4.78 is 2.34. The van der Waals surface area contributed by atoms with Crippen molar-refractivity contribution in [2.75, 3.05) is 5.32 Å². The van der Waals surface area contributed by atoms with Crippen LogP contribution in [0.5, 0.6) is 0 Å². The normalized spacial score (nSPS) is 11.1. The van der Waals surface area contributed by atoms with Gasteiger partial charge in [-0.3, -0.25) is 4.98 Å². The molecule has 0 fully saturated rings. The van der Waals surface area contributed by atoms with Gasteiger partial charge in [-0.1, -0.05) is 109 Å². The van der Waals surface area contributed by atoms with Crippen LogP contribution in [0.3, 0.4) is 0 Å². The fourth-order valence-electron chi connectivity index (χ4n) is 6.63. The fourth-order valence-corrected chi connectivity index (χ4v) is 6.63. The van der Waals surface area contributed by atoms with E-state index >= 15 is 0 Å². The Morgan fingerprint density at radius 3 is 1.94 bits per heavy atom. The number of hydrogen-bond donors (Lipinski definition) is 1. The van der Waals surface area contributed by atoms with Crippen LogP contribution in [0.4, 0.5) is 11.4 Å². The molecular formula is C44H34N4. The number of benzene rings is 5. The lowest BCUT2D eigenvalue weighted by Gasteiger charge is -2.17. The van der Waals surface area contributed by atoms with E-state index < -0.39 is 0 Å². The number of aryl methyl sites for hydroxylation is 1. The average molecular weight is 619 g/mol. The van der Waals surface area contributed by atoms with Crippen LogP contribution in [0.2, 0.25) is 0 Å². The van der Waals surface area contributed by atoms with Crippen molar-refractivity contribution in [2.45, 2.75) is 13.8 Å². The lowest BCUT2D eigenvalue weighted by atomic mass is 9.97. The van der Waals surface area contributed by atoms with Crippen molar-refractivity contribution in [1.82, 2.24) is 14.5 Å². The van der Waals surface area contributed by atoms with Gasteiger partial charge in [0, 0.05) is 51.0 Å². The number of para-hydroxylation sites is 2. The van der Waals surface area contributed by atoms with Gasteiger partial charge in [0.2, 0.25) is 0 Å². The Hall–Kier alpha value is -6.26. The Bertz CT molecular complexity index is 2380. The van der Waals surface area contributed by atoms with E-state index in [0.717, 1.165) is 72.9 Å². The molecule has 48 heavy (non-hydrogen) atoms. The summed E-state index contributed by atoms with van der Waals surface area (Å²) in [5, 5.41) is 4.98.